The number of fused-ring (bicyclic) bond motifs is 1. The zero-order chi connectivity index (χ0) is 19.0. The Bertz CT molecular complexity index is 587. The lowest BCUT2D eigenvalue weighted by Crippen LogP contribution is -2.40. The molecule has 0 aromatic carbocycles. The van der Waals surface area contributed by atoms with Gasteiger partial charge in [0, 0.05) is 12.2 Å². The third-order valence-electron chi connectivity index (χ3n) is 4.23. The molecule has 0 spiro atoms. The number of nitrogens with one attached hydrogen (secondary N) is 1. The Morgan fingerprint density at radius 1 is 1.27 bits per heavy atom. The maximum Gasteiger partial charge on any atom is 0.416 e. The molecule has 1 aromatic rings. The number of anilines is 1. The second-order valence-electron chi connectivity index (χ2n) is 7.77. The summed E-state index contributed by atoms with van der Waals surface area (Å²) >= 11 is 0. The first-order valence-electron chi connectivity index (χ1n) is 9.67. The van der Waals surface area contributed by atoms with E-state index in [1.807, 2.05) is 20.8 Å². The molecule has 1 amide bonds. The van der Waals surface area contributed by atoms with Crippen molar-refractivity contribution < 1.29 is 13.9 Å². The van der Waals surface area contributed by atoms with Crippen molar-refractivity contribution in [2.24, 2.45) is 0 Å². The molecule has 0 bridgehead atoms. The molecule has 0 atom stereocenters. The normalized spacial score (nSPS) is 14.2. The van der Waals surface area contributed by atoms with Crippen molar-refractivity contribution in [1.82, 2.24) is 10.3 Å². The van der Waals surface area contributed by atoms with Crippen LogP contribution in [0.2, 0.25) is 0 Å². The third-order valence-corrected chi connectivity index (χ3v) is 4.23. The van der Waals surface area contributed by atoms with E-state index in [4.69, 9.17) is 9.72 Å². The van der Waals surface area contributed by atoms with Crippen molar-refractivity contribution in [3.63, 3.8) is 0 Å². The van der Waals surface area contributed by atoms with Crippen molar-refractivity contribution in [1.29, 1.82) is 0 Å². The number of halogens is 1. The molecular formula is C20H32FN3O2. The molecule has 146 valence electrons. The highest BCUT2D eigenvalue weighted by Crippen LogP contribution is 2.27. The second kappa shape index (κ2) is 9.86. The summed E-state index contributed by atoms with van der Waals surface area (Å²) in [6.45, 7) is 7.65. The molecule has 0 aliphatic carbocycles. The lowest BCUT2D eigenvalue weighted by atomic mass is 10.0. The van der Waals surface area contributed by atoms with Crippen molar-refractivity contribution in [3.8, 4) is 0 Å². The molecule has 1 aromatic heterocycles. The van der Waals surface area contributed by atoms with Gasteiger partial charge < -0.3 is 10.1 Å². The number of unbranched alkanes of at least 4 members (excludes halogenated alkanes) is 1. The van der Waals surface area contributed by atoms with Gasteiger partial charge in [0.25, 0.3) is 0 Å². The molecule has 0 unspecified atom stereocenters. The van der Waals surface area contributed by atoms with Gasteiger partial charge in [-0.05, 0) is 84.0 Å². The molecule has 0 fully saturated rings. The third kappa shape index (κ3) is 6.56. The van der Waals surface area contributed by atoms with Crippen LogP contribution in [0.4, 0.5) is 15.0 Å². The molecule has 2 heterocycles. The Hall–Kier alpha value is -1.69. The molecule has 0 saturated heterocycles. The van der Waals surface area contributed by atoms with Crippen LogP contribution in [0.3, 0.4) is 0 Å². The van der Waals surface area contributed by atoms with Gasteiger partial charge in [-0.25, -0.2) is 9.78 Å². The molecule has 5 nitrogen and oxygen atoms in total. The van der Waals surface area contributed by atoms with Crippen molar-refractivity contribution in [3.05, 3.63) is 23.4 Å². The zero-order valence-electron chi connectivity index (χ0n) is 16.3. The summed E-state index contributed by atoms with van der Waals surface area (Å²) < 4.78 is 17.6. The molecule has 6 heteroatoms. The van der Waals surface area contributed by atoms with Gasteiger partial charge in [0.2, 0.25) is 0 Å². The molecule has 1 aliphatic rings. The van der Waals surface area contributed by atoms with Crippen LogP contribution in [0.5, 0.6) is 0 Å². The van der Waals surface area contributed by atoms with Crippen LogP contribution in [-0.4, -0.2) is 43.0 Å². The minimum atomic E-state index is -0.512. The van der Waals surface area contributed by atoms with Gasteiger partial charge in [0.15, 0.2) is 0 Å². The first kappa shape index (κ1) is 20.6. The van der Waals surface area contributed by atoms with Crippen LogP contribution >= 0.6 is 0 Å². The van der Waals surface area contributed by atoms with Crippen LogP contribution in [0.25, 0.3) is 0 Å². The molecule has 26 heavy (non-hydrogen) atoms. The first-order valence-corrected chi connectivity index (χ1v) is 9.67. The van der Waals surface area contributed by atoms with Gasteiger partial charge >= 0.3 is 6.09 Å². The number of hydrogen-bond acceptors (Lipinski definition) is 4. The second-order valence-corrected chi connectivity index (χ2v) is 7.77. The van der Waals surface area contributed by atoms with Gasteiger partial charge in [0.05, 0.1) is 6.67 Å². The number of hydrogen-bond donors (Lipinski definition) is 1. The average Bonchev–Trinajstić information content (AvgIpc) is 2.59. The summed E-state index contributed by atoms with van der Waals surface area (Å²) in [5.74, 6) is 0.754. The van der Waals surface area contributed by atoms with E-state index in [1.165, 1.54) is 0 Å². The number of rotatable bonds is 8. The number of amides is 1. The summed E-state index contributed by atoms with van der Waals surface area (Å²) in [6.07, 6.45) is 5.05. The minimum Gasteiger partial charge on any atom is -0.443 e. The highest BCUT2D eigenvalue weighted by atomic mass is 19.1. The van der Waals surface area contributed by atoms with E-state index in [1.54, 1.807) is 4.90 Å². The summed E-state index contributed by atoms with van der Waals surface area (Å²) in [5, 5.41) is 3.24. The van der Waals surface area contributed by atoms with Gasteiger partial charge in [-0.2, -0.15) is 0 Å². The Morgan fingerprint density at radius 2 is 2.04 bits per heavy atom. The SMILES string of the molecule is CC(C)(C)OC(=O)N1CCCc2ccc(CCCCNCCCF)nc21. The fourth-order valence-corrected chi connectivity index (χ4v) is 2.99. The van der Waals surface area contributed by atoms with E-state index >= 15 is 0 Å². The number of carbonyl (C=O) groups is 1. The molecule has 0 saturated carbocycles. The molecule has 0 radical (unpaired) electrons. The van der Waals surface area contributed by atoms with E-state index in [-0.39, 0.29) is 12.8 Å². The lowest BCUT2D eigenvalue weighted by molar-refractivity contribution is 0.0576. The zero-order valence-corrected chi connectivity index (χ0v) is 16.3. The van der Waals surface area contributed by atoms with Crippen LogP contribution in [0, 0.1) is 0 Å². The van der Waals surface area contributed by atoms with Gasteiger partial charge in [-0.1, -0.05) is 6.07 Å². The van der Waals surface area contributed by atoms with Crippen LogP contribution in [0.15, 0.2) is 12.1 Å². The average molecular weight is 365 g/mol. The van der Waals surface area contributed by atoms with Gasteiger partial charge in [0.1, 0.15) is 11.4 Å². The van der Waals surface area contributed by atoms with Crippen LogP contribution in [-0.2, 0) is 17.6 Å². The number of aryl methyl sites for hydroxylation is 2. The molecular weight excluding hydrogens is 333 g/mol. The maximum absolute atomic E-state index is 12.5. The van der Waals surface area contributed by atoms with Crippen LogP contribution in [0.1, 0.15) is 57.7 Å². The van der Waals surface area contributed by atoms with Crippen molar-refractivity contribution >= 4 is 11.9 Å². The van der Waals surface area contributed by atoms with Crippen LogP contribution < -0.4 is 10.2 Å². The molecule has 1 N–H and O–H groups in total. The number of alkyl halides is 1. The van der Waals surface area contributed by atoms with Gasteiger partial charge in [-0.15, -0.1) is 0 Å². The Balaban J connectivity index is 1.92. The molecule has 2 rings (SSSR count). The van der Waals surface area contributed by atoms with E-state index in [9.17, 15) is 9.18 Å². The number of ether oxygens (including phenoxy) is 1. The summed E-state index contributed by atoms with van der Waals surface area (Å²) in [6, 6.07) is 4.15. The Labute approximate surface area is 156 Å². The standard InChI is InChI=1S/C20H32FN3O2/c1-20(2,3)26-19(25)24-15-6-8-16-10-11-17(23-18(16)24)9-4-5-13-22-14-7-12-21/h10-11,22H,4-9,12-15H2,1-3H3. The summed E-state index contributed by atoms with van der Waals surface area (Å²) in [5.41, 5.74) is 1.60. The monoisotopic (exact) mass is 365 g/mol. The number of aromatic nitrogens is 1. The van der Waals surface area contributed by atoms with Crippen molar-refractivity contribution in [2.45, 2.75) is 64.9 Å². The summed E-state index contributed by atoms with van der Waals surface area (Å²) in [4.78, 5) is 18.9. The lowest BCUT2D eigenvalue weighted by Gasteiger charge is -2.31. The van der Waals surface area contributed by atoms with Crippen molar-refractivity contribution in [2.75, 3.05) is 31.2 Å². The maximum atomic E-state index is 12.5. The Morgan fingerprint density at radius 3 is 2.77 bits per heavy atom. The smallest absolute Gasteiger partial charge is 0.416 e. The Kier molecular flexibility index (Phi) is 7.82. The fraction of sp³-hybridized carbons (Fsp3) is 0.700. The predicted molar refractivity (Wildman–Crippen MR) is 103 cm³/mol. The van der Waals surface area contributed by atoms with E-state index in [0.29, 0.717) is 13.0 Å². The minimum absolute atomic E-state index is 0.264. The van der Waals surface area contributed by atoms with E-state index < -0.39 is 5.60 Å². The largest absolute Gasteiger partial charge is 0.443 e. The quantitative estimate of drug-likeness (QED) is 0.707. The number of carbonyl (C=O) groups excluding carboxylic acids is 1. The first-order chi connectivity index (χ1) is 12.4. The van der Waals surface area contributed by atoms with E-state index in [2.05, 4.69) is 17.4 Å². The van der Waals surface area contributed by atoms with Gasteiger partial charge in [-0.3, -0.25) is 9.29 Å². The highest BCUT2D eigenvalue weighted by Gasteiger charge is 2.28. The fourth-order valence-electron chi connectivity index (χ4n) is 2.99. The number of nitrogens with zero attached hydrogens (tertiary/aromatic N) is 2. The predicted octanol–water partition coefficient (Wildman–Crippen LogP) is 4.04. The number of pyridine rings is 1. The summed E-state index contributed by atoms with van der Waals surface area (Å²) in [7, 11) is 0. The van der Waals surface area contributed by atoms with E-state index in [0.717, 1.165) is 62.3 Å². The highest BCUT2D eigenvalue weighted by molar-refractivity contribution is 5.88. The topological polar surface area (TPSA) is 54.5 Å². The molecule has 1 aliphatic heterocycles.